The van der Waals surface area contributed by atoms with Crippen LogP contribution in [0.5, 0.6) is 23.0 Å². The summed E-state index contributed by atoms with van der Waals surface area (Å²) in [5, 5.41) is 3.48. The standard InChI is InChI=1S/C29H29ClN2O6/c1-3-36-26-12-5-20(17-27(26)35-2)6-14-28(33)31-22-9-13-25-24(18-22)32(29(34)19-38-25)15-4-16-37-23-10-7-21(30)8-11-23/h5-14,17-18H,3-4,15-16,19H2,1-2H3,(H,31,33)/b14-6+. The lowest BCUT2D eigenvalue weighted by Gasteiger charge is -2.29. The molecule has 0 saturated heterocycles. The highest BCUT2D eigenvalue weighted by Crippen LogP contribution is 2.35. The fourth-order valence-corrected chi connectivity index (χ4v) is 4.01. The summed E-state index contributed by atoms with van der Waals surface area (Å²) in [6, 6.07) is 17.8. The molecule has 1 N–H and O–H groups in total. The van der Waals surface area contributed by atoms with Crippen molar-refractivity contribution in [2.45, 2.75) is 13.3 Å². The zero-order valence-electron chi connectivity index (χ0n) is 21.2. The molecule has 2 amide bonds. The number of hydrogen-bond acceptors (Lipinski definition) is 6. The second kappa shape index (κ2) is 12.9. The Labute approximate surface area is 226 Å². The number of carbonyl (C=O) groups excluding carboxylic acids is 2. The monoisotopic (exact) mass is 536 g/mol. The summed E-state index contributed by atoms with van der Waals surface area (Å²) in [5.74, 6) is 2.06. The van der Waals surface area contributed by atoms with Crippen molar-refractivity contribution in [1.82, 2.24) is 0 Å². The molecule has 0 aliphatic carbocycles. The number of nitrogens with zero attached hydrogens (tertiary/aromatic N) is 1. The van der Waals surface area contributed by atoms with Gasteiger partial charge in [0.25, 0.3) is 5.91 Å². The first-order valence-corrected chi connectivity index (χ1v) is 12.6. The lowest BCUT2D eigenvalue weighted by Crippen LogP contribution is -2.39. The lowest BCUT2D eigenvalue weighted by molar-refractivity contribution is -0.121. The van der Waals surface area contributed by atoms with Crippen molar-refractivity contribution in [3.8, 4) is 23.0 Å². The van der Waals surface area contributed by atoms with Crippen LogP contribution in [0.1, 0.15) is 18.9 Å². The Morgan fingerprint density at radius 3 is 2.66 bits per heavy atom. The topological polar surface area (TPSA) is 86.3 Å². The van der Waals surface area contributed by atoms with Crippen LogP contribution in [0.4, 0.5) is 11.4 Å². The number of amides is 2. The zero-order valence-corrected chi connectivity index (χ0v) is 22.0. The summed E-state index contributed by atoms with van der Waals surface area (Å²) in [5.41, 5.74) is 1.94. The van der Waals surface area contributed by atoms with Crippen LogP contribution in [-0.2, 0) is 9.59 Å². The molecule has 8 nitrogen and oxygen atoms in total. The quantitative estimate of drug-likeness (QED) is 0.254. The second-order valence-electron chi connectivity index (χ2n) is 8.34. The smallest absolute Gasteiger partial charge is 0.265 e. The fourth-order valence-electron chi connectivity index (χ4n) is 3.89. The van der Waals surface area contributed by atoms with E-state index in [-0.39, 0.29) is 18.4 Å². The van der Waals surface area contributed by atoms with Gasteiger partial charge in [-0.1, -0.05) is 17.7 Å². The van der Waals surface area contributed by atoms with Crippen LogP contribution >= 0.6 is 11.6 Å². The molecular formula is C29H29ClN2O6. The number of anilines is 2. The molecule has 0 atom stereocenters. The third-order valence-electron chi connectivity index (χ3n) is 5.69. The summed E-state index contributed by atoms with van der Waals surface area (Å²) in [4.78, 5) is 26.9. The Morgan fingerprint density at radius 1 is 1.08 bits per heavy atom. The largest absolute Gasteiger partial charge is 0.494 e. The van der Waals surface area contributed by atoms with E-state index in [0.717, 1.165) is 5.56 Å². The van der Waals surface area contributed by atoms with Gasteiger partial charge in [-0.05, 0) is 79.6 Å². The first-order valence-electron chi connectivity index (χ1n) is 12.2. The minimum absolute atomic E-state index is 0.0367. The van der Waals surface area contributed by atoms with Crippen LogP contribution in [0.3, 0.4) is 0 Å². The van der Waals surface area contributed by atoms with Crippen LogP contribution in [0, 0.1) is 0 Å². The van der Waals surface area contributed by atoms with Gasteiger partial charge in [0.1, 0.15) is 11.5 Å². The van der Waals surface area contributed by atoms with Gasteiger partial charge >= 0.3 is 0 Å². The van der Waals surface area contributed by atoms with Crippen LogP contribution < -0.4 is 29.2 Å². The van der Waals surface area contributed by atoms with E-state index in [0.29, 0.717) is 65.6 Å². The maximum Gasteiger partial charge on any atom is 0.265 e. The third kappa shape index (κ3) is 6.98. The molecule has 0 saturated carbocycles. The number of nitrogens with one attached hydrogen (secondary N) is 1. The van der Waals surface area contributed by atoms with Gasteiger partial charge in [-0.3, -0.25) is 9.59 Å². The molecule has 4 rings (SSSR count). The maximum atomic E-state index is 12.6. The van der Waals surface area contributed by atoms with E-state index in [4.69, 9.17) is 30.5 Å². The van der Waals surface area contributed by atoms with E-state index in [1.807, 2.05) is 13.0 Å². The molecule has 0 aromatic heterocycles. The molecule has 0 spiro atoms. The number of carbonyl (C=O) groups is 2. The van der Waals surface area contributed by atoms with Gasteiger partial charge in [-0.2, -0.15) is 0 Å². The average Bonchev–Trinajstić information content (AvgIpc) is 2.92. The first kappa shape index (κ1) is 26.9. The number of ether oxygens (including phenoxy) is 4. The SMILES string of the molecule is CCOc1ccc(/C=C/C(=O)Nc2ccc3c(c2)N(CCCOc2ccc(Cl)cc2)C(=O)CO3)cc1OC. The van der Waals surface area contributed by atoms with Gasteiger partial charge in [-0.25, -0.2) is 0 Å². The van der Waals surface area contributed by atoms with E-state index >= 15 is 0 Å². The molecule has 3 aromatic carbocycles. The highest BCUT2D eigenvalue weighted by molar-refractivity contribution is 6.30. The first-order chi connectivity index (χ1) is 18.5. The number of halogens is 1. The molecule has 1 heterocycles. The van der Waals surface area contributed by atoms with Crippen molar-refractivity contribution < 1.29 is 28.5 Å². The highest BCUT2D eigenvalue weighted by atomic mass is 35.5. The Hall–Kier alpha value is -4.17. The minimum Gasteiger partial charge on any atom is -0.494 e. The van der Waals surface area contributed by atoms with E-state index < -0.39 is 0 Å². The van der Waals surface area contributed by atoms with Gasteiger partial charge in [0.05, 0.1) is 26.0 Å². The van der Waals surface area contributed by atoms with Crippen molar-refractivity contribution in [2.75, 3.05) is 43.7 Å². The number of benzene rings is 3. The van der Waals surface area contributed by atoms with Gasteiger partial charge in [-0.15, -0.1) is 0 Å². The van der Waals surface area contributed by atoms with E-state index in [1.54, 1.807) is 72.7 Å². The third-order valence-corrected chi connectivity index (χ3v) is 5.94. The number of rotatable bonds is 11. The Bertz CT molecular complexity index is 1310. The Morgan fingerprint density at radius 2 is 1.89 bits per heavy atom. The summed E-state index contributed by atoms with van der Waals surface area (Å²) >= 11 is 5.90. The van der Waals surface area contributed by atoms with E-state index in [2.05, 4.69) is 5.32 Å². The summed E-state index contributed by atoms with van der Waals surface area (Å²) in [6.45, 7) is 3.26. The highest BCUT2D eigenvalue weighted by Gasteiger charge is 2.25. The van der Waals surface area contributed by atoms with E-state index in [1.165, 1.54) is 6.08 Å². The van der Waals surface area contributed by atoms with Crippen LogP contribution in [0.25, 0.3) is 6.08 Å². The lowest BCUT2D eigenvalue weighted by atomic mass is 10.1. The zero-order chi connectivity index (χ0) is 26.9. The maximum absolute atomic E-state index is 12.6. The number of hydrogen-bond donors (Lipinski definition) is 1. The number of methoxy groups -OCH3 is 1. The molecule has 0 bridgehead atoms. The Balaban J connectivity index is 1.38. The summed E-state index contributed by atoms with van der Waals surface area (Å²) < 4.78 is 22.2. The van der Waals surface area contributed by atoms with Gasteiger partial charge in [0.15, 0.2) is 18.1 Å². The Kier molecular flexibility index (Phi) is 9.11. The van der Waals surface area contributed by atoms with Crippen molar-refractivity contribution in [1.29, 1.82) is 0 Å². The predicted octanol–water partition coefficient (Wildman–Crippen LogP) is 5.59. The van der Waals surface area contributed by atoms with Gasteiger partial charge < -0.3 is 29.2 Å². The summed E-state index contributed by atoms with van der Waals surface area (Å²) in [6.07, 6.45) is 3.73. The number of fused-ring (bicyclic) bond motifs is 1. The summed E-state index contributed by atoms with van der Waals surface area (Å²) in [7, 11) is 1.57. The molecule has 0 fully saturated rings. The van der Waals surface area contributed by atoms with Crippen molar-refractivity contribution in [3.63, 3.8) is 0 Å². The van der Waals surface area contributed by atoms with Crippen molar-refractivity contribution in [3.05, 3.63) is 77.3 Å². The fraction of sp³-hybridized carbons (Fsp3) is 0.241. The van der Waals surface area contributed by atoms with Gasteiger partial charge in [0, 0.05) is 23.3 Å². The van der Waals surface area contributed by atoms with Crippen molar-refractivity contribution >= 4 is 40.9 Å². The minimum atomic E-state index is -0.316. The molecular weight excluding hydrogens is 508 g/mol. The van der Waals surface area contributed by atoms with Crippen molar-refractivity contribution in [2.24, 2.45) is 0 Å². The second-order valence-corrected chi connectivity index (χ2v) is 8.77. The average molecular weight is 537 g/mol. The van der Waals surface area contributed by atoms with Crippen LogP contribution in [0.2, 0.25) is 5.02 Å². The molecule has 1 aliphatic rings. The van der Waals surface area contributed by atoms with E-state index in [9.17, 15) is 9.59 Å². The molecule has 3 aromatic rings. The normalized spacial score (nSPS) is 12.6. The molecule has 0 unspecified atom stereocenters. The van der Waals surface area contributed by atoms with Crippen LogP contribution in [-0.4, -0.2) is 45.3 Å². The molecule has 38 heavy (non-hydrogen) atoms. The predicted molar refractivity (Wildman–Crippen MR) is 148 cm³/mol. The molecule has 1 aliphatic heterocycles. The molecule has 9 heteroatoms. The molecule has 0 radical (unpaired) electrons. The molecule has 198 valence electrons. The van der Waals surface area contributed by atoms with Gasteiger partial charge in [0.2, 0.25) is 5.91 Å². The van der Waals surface area contributed by atoms with Crippen LogP contribution in [0.15, 0.2) is 66.7 Å².